The zero-order valence-electron chi connectivity index (χ0n) is 8.00. The summed E-state index contributed by atoms with van der Waals surface area (Å²) in [6.45, 7) is 0.622. The summed E-state index contributed by atoms with van der Waals surface area (Å²) in [5.41, 5.74) is 6.81. The summed E-state index contributed by atoms with van der Waals surface area (Å²) < 4.78 is 13.5. The molecule has 0 radical (unpaired) electrons. The second kappa shape index (κ2) is 4.32. The van der Waals surface area contributed by atoms with Crippen LogP contribution in [0.4, 0.5) is 4.39 Å². The third-order valence-corrected chi connectivity index (χ3v) is 3.88. The minimum absolute atomic E-state index is 0.0900. The van der Waals surface area contributed by atoms with E-state index in [1.165, 1.54) is 6.07 Å². The molecule has 76 valence electrons. The van der Waals surface area contributed by atoms with E-state index in [1.807, 2.05) is 6.07 Å². The van der Waals surface area contributed by atoms with Crippen LogP contribution in [0.5, 0.6) is 0 Å². The Morgan fingerprint density at radius 1 is 1.50 bits per heavy atom. The van der Waals surface area contributed by atoms with Crippen molar-refractivity contribution in [1.82, 2.24) is 0 Å². The molecule has 0 amide bonds. The third kappa shape index (κ3) is 1.79. The first-order valence-corrected chi connectivity index (χ1v) is 5.92. The summed E-state index contributed by atoms with van der Waals surface area (Å²) in [6, 6.07) is 5.32. The van der Waals surface area contributed by atoms with Gasteiger partial charge >= 0.3 is 0 Å². The Morgan fingerprint density at radius 3 is 3.14 bits per heavy atom. The molecular weight excluding hydrogens is 197 g/mol. The van der Waals surface area contributed by atoms with Gasteiger partial charge in [-0.05, 0) is 42.7 Å². The maximum absolute atomic E-state index is 13.5. The van der Waals surface area contributed by atoms with Gasteiger partial charge < -0.3 is 5.73 Å². The fourth-order valence-electron chi connectivity index (χ4n) is 1.90. The Bertz CT molecular complexity index is 327. The highest BCUT2D eigenvalue weighted by atomic mass is 32.2. The Hall–Kier alpha value is -0.540. The van der Waals surface area contributed by atoms with Gasteiger partial charge in [0.05, 0.1) is 0 Å². The van der Waals surface area contributed by atoms with Crippen LogP contribution in [0.3, 0.4) is 0 Å². The molecule has 0 aliphatic carbocycles. The molecule has 2 N–H and O–H groups in total. The molecule has 14 heavy (non-hydrogen) atoms. The van der Waals surface area contributed by atoms with Gasteiger partial charge in [0, 0.05) is 4.90 Å². The summed E-state index contributed by atoms with van der Waals surface area (Å²) in [4.78, 5) is 0.820. The van der Waals surface area contributed by atoms with Crippen LogP contribution in [0.15, 0.2) is 23.1 Å². The molecule has 2 rings (SSSR count). The van der Waals surface area contributed by atoms with Crippen LogP contribution in [0, 0.1) is 5.82 Å². The van der Waals surface area contributed by atoms with Gasteiger partial charge in [0.25, 0.3) is 0 Å². The number of rotatable bonds is 1. The Labute approximate surface area is 87.9 Å². The Kier molecular flexibility index (Phi) is 3.08. The quantitative estimate of drug-likeness (QED) is 0.773. The maximum Gasteiger partial charge on any atom is 0.137 e. The van der Waals surface area contributed by atoms with Crippen LogP contribution < -0.4 is 5.73 Å². The van der Waals surface area contributed by atoms with E-state index in [1.54, 1.807) is 17.8 Å². The van der Waals surface area contributed by atoms with Crippen molar-refractivity contribution < 1.29 is 4.39 Å². The molecule has 0 fully saturated rings. The molecular formula is C11H14FNS. The lowest BCUT2D eigenvalue weighted by atomic mass is 9.95. The molecule has 1 aromatic carbocycles. The predicted octanol–water partition coefficient (Wildman–Crippen LogP) is 2.75. The molecule has 0 saturated heterocycles. The van der Waals surface area contributed by atoms with Crippen molar-refractivity contribution in [3.63, 3.8) is 0 Å². The van der Waals surface area contributed by atoms with Gasteiger partial charge in [-0.3, -0.25) is 0 Å². The van der Waals surface area contributed by atoms with Crippen molar-refractivity contribution in [1.29, 1.82) is 0 Å². The SMILES string of the molecule is NCC1CCCSc2c(F)cccc21. The van der Waals surface area contributed by atoms with Gasteiger partial charge in [-0.2, -0.15) is 0 Å². The standard InChI is InChI=1S/C11H14FNS/c12-10-5-1-4-9-8(7-13)3-2-6-14-11(9)10/h1,4-5,8H,2-3,6-7,13H2. The van der Waals surface area contributed by atoms with E-state index < -0.39 is 0 Å². The van der Waals surface area contributed by atoms with E-state index in [0.717, 1.165) is 29.1 Å². The van der Waals surface area contributed by atoms with Crippen LogP contribution in [-0.4, -0.2) is 12.3 Å². The van der Waals surface area contributed by atoms with Crippen LogP contribution >= 0.6 is 11.8 Å². The van der Waals surface area contributed by atoms with Crippen molar-refractivity contribution in [3.8, 4) is 0 Å². The van der Waals surface area contributed by atoms with E-state index >= 15 is 0 Å². The van der Waals surface area contributed by atoms with E-state index in [4.69, 9.17) is 5.73 Å². The average molecular weight is 211 g/mol. The molecule has 0 aromatic heterocycles. The lowest BCUT2D eigenvalue weighted by molar-refractivity contribution is 0.577. The highest BCUT2D eigenvalue weighted by molar-refractivity contribution is 7.99. The van der Waals surface area contributed by atoms with Gasteiger partial charge in [0.2, 0.25) is 0 Å². The predicted molar refractivity (Wildman–Crippen MR) is 58.2 cm³/mol. The van der Waals surface area contributed by atoms with Crippen molar-refractivity contribution in [2.75, 3.05) is 12.3 Å². The molecule has 0 saturated carbocycles. The van der Waals surface area contributed by atoms with Gasteiger partial charge in [0.15, 0.2) is 0 Å². The second-order valence-corrected chi connectivity index (χ2v) is 4.69. The van der Waals surface area contributed by atoms with Gasteiger partial charge in [-0.25, -0.2) is 4.39 Å². The lowest BCUT2D eigenvalue weighted by Gasteiger charge is -2.14. The average Bonchev–Trinajstić information content (AvgIpc) is 2.40. The highest BCUT2D eigenvalue weighted by Crippen LogP contribution is 2.36. The van der Waals surface area contributed by atoms with E-state index in [2.05, 4.69) is 0 Å². The lowest BCUT2D eigenvalue weighted by Crippen LogP contribution is -2.12. The van der Waals surface area contributed by atoms with Crippen molar-refractivity contribution in [2.45, 2.75) is 23.7 Å². The number of thioether (sulfide) groups is 1. The number of halogens is 1. The molecule has 1 nitrogen and oxygen atoms in total. The molecule has 1 unspecified atom stereocenters. The van der Waals surface area contributed by atoms with E-state index in [9.17, 15) is 4.39 Å². The Morgan fingerprint density at radius 2 is 2.36 bits per heavy atom. The van der Waals surface area contributed by atoms with Crippen molar-refractivity contribution in [3.05, 3.63) is 29.6 Å². The number of hydrogen-bond acceptors (Lipinski definition) is 2. The van der Waals surface area contributed by atoms with Gasteiger partial charge in [-0.15, -0.1) is 11.8 Å². The topological polar surface area (TPSA) is 26.0 Å². The highest BCUT2D eigenvalue weighted by Gasteiger charge is 2.19. The summed E-state index contributed by atoms with van der Waals surface area (Å²) in [7, 11) is 0. The zero-order chi connectivity index (χ0) is 9.97. The second-order valence-electron chi connectivity index (χ2n) is 3.58. The number of hydrogen-bond donors (Lipinski definition) is 1. The summed E-state index contributed by atoms with van der Waals surface area (Å²) in [5, 5.41) is 0. The van der Waals surface area contributed by atoms with E-state index in [0.29, 0.717) is 12.5 Å². The van der Waals surface area contributed by atoms with Crippen molar-refractivity contribution in [2.24, 2.45) is 5.73 Å². The van der Waals surface area contributed by atoms with Gasteiger partial charge in [0.1, 0.15) is 5.82 Å². The molecule has 1 aliphatic rings. The zero-order valence-corrected chi connectivity index (χ0v) is 8.82. The number of nitrogens with two attached hydrogens (primary N) is 1. The first-order valence-electron chi connectivity index (χ1n) is 4.94. The van der Waals surface area contributed by atoms with Crippen molar-refractivity contribution >= 4 is 11.8 Å². The minimum atomic E-state index is -0.0900. The largest absolute Gasteiger partial charge is 0.330 e. The number of fused-ring (bicyclic) bond motifs is 1. The first kappa shape index (κ1) is 9.99. The first-order chi connectivity index (χ1) is 6.83. The molecule has 1 aromatic rings. The summed E-state index contributed by atoms with van der Waals surface area (Å²) in [6.07, 6.45) is 2.21. The van der Waals surface area contributed by atoms with Gasteiger partial charge in [-0.1, -0.05) is 12.1 Å². The van der Waals surface area contributed by atoms with Crippen LogP contribution in [-0.2, 0) is 0 Å². The summed E-state index contributed by atoms with van der Waals surface area (Å²) in [5.74, 6) is 1.26. The normalized spacial score (nSPS) is 21.4. The molecule has 3 heteroatoms. The fourth-order valence-corrected chi connectivity index (χ4v) is 3.03. The van der Waals surface area contributed by atoms with Crippen LogP contribution in [0.25, 0.3) is 0 Å². The summed E-state index contributed by atoms with van der Waals surface area (Å²) >= 11 is 1.62. The van der Waals surface area contributed by atoms with E-state index in [-0.39, 0.29) is 5.82 Å². The molecule has 1 heterocycles. The Balaban J connectivity index is 2.44. The smallest absolute Gasteiger partial charge is 0.137 e. The fraction of sp³-hybridized carbons (Fsp3) is 0.455. The number of benzene rings is 1. The molecule has 0 spiro atoms. The molecule has 0 bridgehead atoms. The third-order valence-electron chi connectivity index (χ3n) is 2.67. The van der Waals surface area contributed by atoms with Crippen LogP contribution in [0.1, 0.15) is 24.3 Å². The minimum Gasteiger partial charge on any atom is -0.330 e. The van der Waals surface area contributed by atoms with Crippen LogP contribution in [0.2, 0.25) is 0 Å². The molecule has 1 atom stereocenters. The molecule has 1 aliphatic heterocycles. The monoisotopic (exact) mass is 211 g/mol. The maximum atomic E-state index is 13.5.